The fraction of sp³-hybridized carbons (Fsp3) is 0.160. The van der Waals surface area contributed by atoms with Gasteiger partial charge in [0.2, 0.25) is 5.91 Å². The van der Waals surface area contributed by atoms with E-state index in [0.717, 1.165) is 27.8 Å². The van der Waals surface area contributed by atoms with Gasteiger partial charge in [-0.1, -0.05) is 47.5 Å². The first-order valence-electron chi connectivity index (χ1n) is 10.1. The van der Waals surface area contributed by atoms with Crippen molar-refractivity contribution in [1.82, 2.24) is 14.9 Å². The number of hydrogen-bond donors (Lipinski definition) is 2. The van der Waals surface area contributed by atoms with Crippen molar-refractivity contribution in [3.63, 3.8) is 0 Å². The van der Waals surface area contributed by atoms with E-state index in [1.807, 2.05) is 85.1 Å². The van der Waals surface area contributed by atoms with Crippen LogP contribution < -0.4 is 10.6 Å². The maximum Gasteiger partial charge on any atom is 0.251 e. The number of anilines is 1. The second-order valence-electron chi connectivity index (χ2n) is 7.57. The van der Waals surface area contributed by atoms with Gasteiger partial charge in [-0.25, -0.2) is 4.98 Å². The standard InChI is InChI=1S/C25H24N4O2/c1-17-10-12-20(13-11-17)27-24(30)16-29-22-9-4-3-8-21(22)28-23(29)15-26-25(31)19-7-5-6-18(2)14-19/h3-14H,15-16H2,1-2H3,(H,26,31)(H,27,30). The van der Waals surface area contributed by atoms with Gasteiger partial charge in [-0.05, 0) is 50.2 Å². The summed E-state index contributed by atoms with van der Waals surface area (Å²) in [6.07, 6.45) is 0. The summed E-state index contributed by atoms with van der Waals surface area (Å²) in [5, 5.41) is 5.84. The molecule has 0 fully saturated rings. The average molecular weight is 412 g/mol. The van der Waals surface area contributed by atoms with Crippen molar-refractivity contribution in [3.05, 3.63) is 95.3 Å². The second kappa shape index (κ2) is 8.83. The number of nitrogens with zero attached hydrogens (tertiary/aromatic N) is 2. The third kappa shape index (κ3) is 4.80. The van der Waals surface area contributed by atoms with E-state index in [1.54, 1.807) is 6.07 Å². The zero-order valence-corrected chi connectivity index (χ0v) is 17.6. The number of carbonyl (C=O) groups excluding carboxylic acids is 2. The highest BCUT2D eigenvalue weighted by molar-refractivity contribution is 5.94. The Hall–Kier alpha value is -3.93. The topological polar surface area (TPSA) is 76.0 Å². The van der Waals surface area contributed by atoms with E-state index in [1.165, 1.54) is 0 Å². The van der Waals surface area contributed by atoms with Crippen LogP contribution in [0.1, 0.15) is 27.3 Å². The van der Waals surface area contributed by atoms with Crippen LogP contribution in [0.4, 0.5) is 5.69 Å². The lowest BCUT2D eigenvalue weighted by Gasteiger charge is -2.11. The van der Waals surface area contributed by atoms with Crippen LogP contribution in [0.3, 0.4) is 0 Å². The van der Waals surface area contributed by atoms with Gasteiger partial charge in [-0.15, -0.1) is 0 Å². The molecule has 0 aliphatic rings. The Balaban J connectivity index is 1.53. The first-order valence-corrected chi connectivity index (χ1v) is 10.1. The highest BCUT2D eigenvalue weighted by atomic mass is 16.2. The number of para-hydroxylation sites is 2. The Morgan fingerprint density at radius 1 is 0.903 bits per heavy atom. The van der Waals surface area contributed by atoms with Crippen molar-refractivity contribution in [2.45, 2.75) is 26.9 Å². The number of hydrogen-bond acceptors (Lipinski definition) is 3. The molecule has 0 aliphatic heterocycles. The van der Waals surface area contributed by atoms with Crippen LogP contribution in [-0.2, 0) is 17.9 Å². The molecule has 2 amide bonds. The lowest BCUT2D eigenvalue weighted by atomic mass is 10.1. The highest BCUT2D eigenvalue weighted by Gasteiger charge is 2.15. The minimum absolute atomic E-state index is 0.101. The lowest BCUT2D eigenvalue weighted by molar-refractivity contribution is -0.116. The molecule has 0 bridgehead atoms. The van der Waals surface area contributed by atoms with Crippen LogP contribution in [0.25, 0.3) is 11.0 Å². The molecule has 0 spiro atoms. The zero-order valence-electron chi connectivity index (χ0n) is 17.6. The molecular formula is C25H24N4O2. The molecule has 31 heavy (non-hydrogen) atoms. The molecule has 4 rings (SSSR count). The lowest BCUT2D eigenvalue weighted by Crippen LogP contribution is -2.26. The van der Waals surface area contributed by atoms with Crippen LogP contribution >= 0.6 is 0 Å². The average Bonchev–Trinajstić information content (AvgIpc) is 3.11. The fourth-order valence-electron chi connectivity index (χ4n) is 3.47. The van der Waals surface area contributed by atoms with Crippen LogP contribution in [0.2, 0.25) is 0 Å². The number of aromatic nitrogens is 2. The van der Waals surface area contributed by atoms with E-state index in [-0.39, 0.29) is 24.9 Å². The van der Waals surface area contributed by atoms with E-state index in [4.69, 9.17) is 0 Å². The summed E-state index contributed by atoms with van der Waals surface area (Å²) in [5.74, 6) is 0.297. The van der Waals surface area contributed by atoms with Crippen molar-refractivity contribution < 1.29 is 9.59 Å². The van der Waals surface area contributed by atoms with Crippen molar-refractivity contribution in [2.24, 2.45) is 0 Å². The van der Waals surface area contributed by atoms with Crippen LogP contribution in [-0.4, -0.2) is 21.4 Å². The molecule has 6 nitrogen and oxygen atoms in total. The molecule has 3 aromatic carbocycles. The van der Waals surface area contributed by atoms with Gasteiger partial charge in [0.15, 0.2) is 0 Å². The summed E-state index contributed by atoms with van der Waals surface area (Å²) in [6, 6.07) is 22.7. The summed E-state index contributed by atoms with van der Waals surface area (Å²) < 4.78 is 1.84. The van der Waals surface area contributed by atoms with Gasteiger partial charge in [-0.3, -0.25) is 9.59 Å². The van der Waals surface area contributed by atoms with Crippen molar-refractivity contribution in [2.75, 3.05) is 5.32 Å². The summed E-state index contributed by atoms with van der Waals surface area (Å²) >= 11 is 0. The van der Waals surface area contributed by atoms with Gasteiger partial charge in [0.1, 0.15) is 12.4 Å². The Morgan fingerprint density at radius 2 is 1.68 bits per heavy atom. The summed E-state index contributed by atoms with van der Waals surface area (Å²) in [6.45, 7) is 4.27. The molecule has 0 atom stereocenters. The van der Waals surface area contributed by atoms with Crippen molar-refractivity contribution in [1.29, 1.82) is 0 Å². The molecule has 0 aliphatic carbocycles. The second-order valence-corrected chi connectivity index (χ2v) is 7.57. The number of amides is 2. The summed E-state index contributed by atoms with van der Waals surface area (Å²) in [4.78, 5) is 29.9. The Kier molecular flexibility index (Phi) is 5.80. The molecule has 156 valence electrons. The number of aryl methyl sites for hydroxylation is 2. The Bertz CT molecular complexity index is 1240. The van der Waals surface area contributed by atoms with Crippen LogP contribution in [0.15, 0.2) is 72.8 Å². The molecule has 0 radical (unpaired) electrons. The normalized spacial score (nSPS) is 10.8. The van der Waals surface area contributed by atoms with Gasteiger partial charge < -0.3 is 15.2 Å². The predicted octanol–water partition coefficient (Wildman–Crippen LogP) is 4.22. The van der Waals surface area contributed by atoms with Gasteiger partial charge in [0.25, 0.3) is 5.91 Å². The van der Waals surface area contributed by atoms with E-state index < -0.39 is 0 Å². The number of carbonyl (C=O) groups is 2. The largest absolute Gasteiger partial charge is 0.345 e. The summed E-state index contributed by atoms with van der Waals surface area (Å²) in [7, 11) is 0. The first-order chi connectivity index (χ1) is 15.0. The number of nitrogens with one attached hydrogen (secondary N) is 2. The Labute approximate surface area is 180 Å². The van der Waals surface area contributed by atoms with E-state index >= 15 is 0 Å². The number of rotatable bonds is 6. The van der Waals surface area contributed by atoms with Crippen molar-refractivity contribution in [3.8, 4) is 0 Å². The third-order valence-electron chi connectivity index (χ3n) is 5.06. The zero-order chi connectivity index (χ0) is 21.8. The summed E-state index contributed by atoms with van der Waals surface area (Å²) in [5.41, 5.74) is 5.12. The Morgan fingerprint density at radius 3 is 2.45 bits per heavy atom. The number of fused-ring (bicyclic) bond motifs is 1. The smallest absolute Gasteiger partial charge is 0.251 e. The fourth-order valence-corrected chi connectivity index (χ4v) is 3.47. The number of benzene rings is 3. The van der Waals surface area contributed by atoms with Crippen LogP contribution in [0, 0.1) is 13.8 Å². The van der Waals surface area contributed by atoms with Gasteiger partial charge in [0.05, 0.1) is 17.6 Å². The monoisotopic (exact) mass is 412 g/mol. The molecule has 2 N–H and O–H groups in total. The van der Waals surface area contributed by atoms with Gasteiger partial charge in [0, 0.05) is 11.3 Å². The van der Waals surface area contributed by atoms with E-state index in [9.17, 15) is 9.59 Å². The molecular weight excluding hydrogens is 388 g/mol. The first kappa shape index (κ1) is 20.3. The predicted molar refractivity (Wildman–Crippen MR) is 122 cm³/mol. The quantitative estimate of drug-likeness (QED) is 0.498. The minimum Gasteiger partial charge on any atom is -0.345 e. The maximum absolute atomic E-state index is 12.7. The van der Waals surface area contributed by atoms with Crippen LogP contribution in [0.5, 0.6) is 0 Å². The SMILES string of the molecule is Cc1ccc(NC(=O)Cn2c(CNC(=O)c3cccc(C)c3)nc3ccccc32)cc1. The van der Waals surface area contributed by atoms with Gasteiger partial charge >= 0.3 is 0 Å². The highest BCUT2D eigenvalue weighted by Crippen LogP contribution is 2.17. The van der Waals surface area contributed by atoms with E-state index in [2.05, 4.69) is 15.6 Å². The molecule has 0 saturated heterocycles. The van der Waals surface area contributed by atoms with Crippen molar-refractivity contribution >= 4 is 28.5 Å². The molecule has 1 aromatic heterocycles. The molecule has 4 aromatic rings. The third-order valence-corrected chi connectivity index (χ3v) is 5.06. The molecule has 0 saturated carbocycles. The minimum atomic E-state index is -0.175. The molecule has 1 heterocycles. The molecule has 0 unspecified atom stereocenters. The van der Waals surface area contributed by atoms with Gasteiger partial charge in [-0.2, -0.15) is 0 Å². The molecule has 6 heteroatoms. The number of imidazole rings is 1. The maximum atomic E-state index is 12.7. The van der Waals surface area contributed by atoms with E-state index in [0.29, 0.717) is 11.4 Å².